The van der Waals surface area contributed by atoms with Crippen LogP contribution in [0.15, 0.2) is 48.5 Å². The predicted octanol–water partition coefficient (Wildman–Crippen LogP) is 3.66. The lowest BCUT2D eigenvalue weighted by Crippen LogP contribution is -2.30. The Balaban J connectivity index is 1.40. The summed E-state index contributed by atoms with van der Waals surface area (Å²) in [5.74, 6) is -0.850. The summed E-state index contributed by atoms with van der Waals surface area (Å²) in [4.78, 5) is 51.5. The second-order valence-corrected chi connectivity index (χ2v) is 8.42. The van der Waals surface area contributed by atoms with Crippen LogP contribution in [0.5, 0.6) is 5.75 Å². The number of carbonyl (C=O) groups is 4. The van der Waals surface area contributed by atoms with E-state index < -0.39 is 12.6 Å². The third kappa shape index (κ3) is 4.15. The molecule has 0 bridgehead atoms. The van der Waals surface area contributed by atoms with Gasteiger partial charge in [0.2, 0.25) is 11.8 Å². The van der Waals surface area contributed by atoms with Crippen molar-refractivity contribution in [1.82, 2.24) is 0 Å². The highest BCUT2D eigenvalue weighted by molar-refractivity contribution is 6.22. The molecule has 1 aliphatic heterocycles. The van der Waals surface area contributed by atoms with Crippen molar-refractivity contribution in [2.75, 3.05) is 18.6 Å². The third-order valence-electron chi connectivity index (χ3n) is 6.27. The molecule has 1 aliphatic carbocycles. The topological polar surface area (TPSA) is 90.0 Å². The van der Waals surface area contributed by atoms with Crippen LogP contribution in [-0.2, 0) is 14.3 Å². The lowest BCUT2D eigenvalue weighted by atomic mass is 9.76. The maximum Gasteiger partial charge on any atom is 0.338 e. The largest absolute Gasteiger partial charge is 0.497 e. The number of esters is 1. The summed E-state index contributed by atoms with van der Waals surface area (Å²) < 4.78 is 10.2. The summed E-state index contributed by atoms with van der Waals surface area (Å²) >= 11 is 0. The molecule has 1 heterocycles. The minimum absolute atomic E-state index is 0.161. The second-order valence-electron chi connectivity index (χ2n) is 8.42. The van der Waals surface area contributed by atoms with Crippen molar-refractivity contribution in [2.45, 2.75) is 26.2 Å². The van der Waals surface area contributed by atoms with E-state index in [-0.39, 0.29) is 35.0 Å². The van der Waals surface area contributed by atoms with Gasteiger partial charge in [-0.3, -0.25) is 19.3 Å². The Morgan fingerprint density at radius 3 is 2.41 bits per heavy atom. The molecule has 32 heavy (non-hydrogen) atoms. The maximum atomic E-state index is 12.8. The SMILES string of the molecule is COc1cccc(C(=O)COC(=O)c2ccc(N3C(=O)C4CCC(C)CC4C3=O)cc2)c1. The number of fused-ring (bicyclic) bond motifs is 1. The molecule has 1 saturated carbocycles. The van der Waals surface area contributed by atoms with Gasteiger partial charge in [-0.2, -0.15) is 0 Å². The van der Waals surface area contributed by atoms with Crippen molar-refractivity contribution >= 4 is 29.3 Å². The Morgan fingerprint density at radius 2 is 1.69 bits per heavy atom. The fourth-order valence-electron chi connectivity index (χ4n) is 4.48. The number of ether oxygens (including phenoxy) is 2. The first kappa shape index (κ1) is 21.7. The van der Waals surface area contributed by atoms with Crippen molar-refractivity contribution in [3.63, 3.8) is 0 Å². The summed E-state index contributed by atoms with van der Waals surface area (Å²) in [6.07, 6.45) is 2.42. The van der Waals surface area contributed by atoms with E-state index in [1.54, 1.807) is 36.4 Å². The molecule has 4 rings (SSSR count). The number of rotatable bonds is 6. The van der Waals surface area contributed by atoms with Crippen LogP contribution in [0.4, 0.5) is 5.69 Å². The number of imide groups is 1. The van der Waals surface area contributed by atoms with Crippen LogP contribution in [0, 0.1) is 17.8 Å². The van der Waals surface area contributed by atoms with Gasteiger partial charge in [0.05, 0.1) is 30.2 Å². The predicted molar refractivity (Wildman–Crippen MR) is 117 cm³/mol. The maximum absolute atomic E-state index is 12.8. The molecule has 0 aromatic heterocycles. The number of nitrogens with zero attached hydrogens (tertiary/aromatic N) is 1. The highest BCUT2D eigenvalue weighted by Gasteiger charge is 2.49. The molecule has 7 heteroatoms. The van der Waals surface area contributed by atoms with Gasteiger partial charge in [-0.1, -0.05) is 19.1 Å². The van der Waals surface area contributed by atoms with Crippen LogP contribution in [0.1, 0.15) is 46.9 Å². The van der Waals surface area contributed by atoms with E-state index in [4.69, 9.17) is 9.47 Å². The summed E-state index contributed by atoms with van der Waals surface area (Å²) in [7, 11) is 1.50. The van der Waals surface area contributed by atoms with Crippen LogP contribution in [-0.4, -0.2) is 37.3 Å². The molecular formula is C25H25NO6. The zero-order valence-corrected chi connectivity index (χ0v) is 18.1. The number of ketones is 1. The van der Waals surface area contributed by atoms with Gasteiger partial charge in [-0.05, 0) is 61.6 Å². The summed E-state index contributed by atoms with van der Waals surface area (Å²) in [5, 5.41) is 0. The molecule has 2 fully saturated rings. The lowest BCUT2D eigenvalue weighted by molar-refractivity contribution is -0.122. The molecule has 1 saturated heterocycles. The highest BCUT2D eigenvalue weighted by Crippen LogP contribution is 2.42. The molecule has 2 aliphatic rings. The van der Waals surface area contributed by atoms with Gasteiger partial charge in [0.15, 0.2) is 12.4 Å². The quantitative estimate of drug-likeness (QED) is 0.391. The highest BCUT2D eigenvalue weighted by atomic mass is 16.5. The standard InChI is InChI=1S/C25H25NO6/c1-15-6-11-20-21(12-15)24(29)26(23(20)28)18-9-7-16(8-10-18)25(30)32-14-22(27)17-4-3-5-19(13-17)31-2/h3-5,7-10,13,15,20-21H,6,11-12,14H2,1-2H3. The van der Waals surface area contributed by atoms with Crippen molar-refractivity contribution < 1.29 is 28.7 Å². The first-order chi connectivity index (χ1) is 15.4. The molecule has 166 valence electrons. The van der Waals surface area contributed by atoms with E-state index in [0.717, 1.165) is 19.3 Å². The molecule has 0 N–H and O–H groups in total. The van der Waals surface area contributed by atoms with Crippen molar-refractivity contribution in [3.05, 3.63) is 59.7 Å². The fourth-order valence-corrected chi connectivity index (χ4v) is 4.48. The number of hydrogen-bond acceptors (Lipinski definition) is 6. The molecule has 3 unspecified atom stereocenters. The Morgan fingerprint density at radius 1 is 0.969 bits per heavy atom. The Hall–Kier alpha value is -3.48. The van der Waals surface area contributed by atoms with E-state index in [0.29, 0.717) is 22.9 Å². The Kier molecular flexibility index (Phi) is 6.08. The molecule has 7 nitrogen and oxygen atoms in total. The molecule has 2 aromatic rings. The number of carbonyl (C=O) groups excluding carboxylic acids is 4. The van der Waals surface area contributed by atoms with Crippen LogP contribution in [0.25, 0.3) is 0 Å². The first-order valence-corrected chi connectivity index (χ1v) is 10.7. The minimum atomic E-state index is -0.658. The van der Waals surface area contributed by atoms with E-state index in [1.165, 1.54) is 24.1 Å². The van der Waals surface area contributed by atoms with E-state index in [2.05, 4.69) is 6.92 Å². The summed E-state index contributed by atoms with van der Waals surface area (Å²) in [6.45, 7) is 1.70. The molecule has 0 spiro atoms. The number of Topliss-reactive ketones (excluding diaryl/α,β-unsaturated/α-hetero) is 1. The monoisotopic (exact) mass is 435 g/mol. The molecule has 3 atom stereocenters. The van der Waals surface area contributed by atoms with Crippen LogP contribution < -0.4 is 9.64 Å². The fraction of sp³-hybridized carbons (Fsp3) is 0.360. The van der Waals surface area contributed by atoms with Crippen LogP contribution >= 0.6 is 0 Å². The zero-order valence-electron chi connectivity index (χ0n) is 18.1. The number of methoxy groups -OCH3 is 1. The Bertz CT molecular complexity index is 1060. The molecule has 2 aromatic carbocycles. The normalized spacial score (nSPS) is 22.4. The van der Waals surface area contributed by atoms with Gasteiger partial charge in [-0.15, -0.1) is 0 Å². The number of hydrogen-bond donors (Lipinski definition) is 0. The van der Waals surface area contributed by atoms with E-state index in [1.807, 2.05) is 0 Å². The van der Waals surface area contributed by atoms with Gasteiger partial charge >= 0.3 is 5.97 Å². The van der Waals surface area contributed by atoms with E-state index in [9.17, 15) is 19.2 Å². The summed E-state index contributed by atoms with van der Waals surface area (Å²) in [6, 6.07) is 12.7. The Labute approximate surface area is 186 Å². The lowest BCUT2D eigenvalue weighted by Gasteiger charge is -2.25. The van der Waals surface area contributed by atoms with Crippen molar-refractivity contribution in [2.24, 2.45) is 17.8 Å². The minimum Gasteiger partial charge on any atom is -0.497 e. The first-order valence-electron chi connectivity index (χ1n) is 10.7. The van der Waals surface area contributed by atoms with Gasteiger partial charge in [0.1, 0.15) is 5.75 Å². The average molecular weight is 435 g/mol. The van der Waals surface area contributed by atoms with Gasteiger partial charge in [-0.25, -0.2) is 4.79 Å². The van der Waals surface area contributed by atoms with Gasteiger partial charge in [0.25, 0.3) is 0 Å². The molecule has 0 radical (unpaired) electrons. The number of benzene rings is 2. The summed E-state index contributed by atoms with van der Waals surface area (Å²) in [5.41, 5.74) is 1.07. The van der Waals surface area contributed by atoms with Crippen molar-refractivity contribution in [1.29, 1.82) is 0 Å². The second kappa shape index (κ2) is 8.94. The van der Waals surface area contributed by atoms with E-state index >= 15 is 0 Å². The number of anilines is 1. The van der Waals surface area contributed by atoms with Crippen LogP contribution in [0.3, 0.4) is 0 Å². The van der Waals surface area contributed by atoms with Gasteiger partial charge in [0, 0.05) is 5.56 Å². The average Bonchev–Trinajstić information content (AvgIpc) is 3.06. The smallest absolute Gasteiger partial charge is 0.338 e. The molecular weight excluding hydrogens is 410 g/mol. The third-order valence-corrected chi connectivity index (χ3v) is 6.27. The molecule has 2 amide bonds. The number of amides is 2. The van der Waals surface area contributed by atoms with Crippen LogP contribution in [0.2, 0.25) is 0 Å². The van der Waals surface area contributed by atoms with Gasteiger partial charge < -0.3 is 9.47 Å². The zero-order chi connectivity index (χ0) is 22.8. The van der Waals surface area contributed by atoms with Crippen molar-refractivity contribution in [3.8, 4) is 5.75 Å².